The normalized spacial score (nSPS) is 13.1. The van der Waals surface area contributed by atoms with Crippen molar-refractivity contribution in [3.05, 3.63) is 35.4 Å². The van der Waals surface area contributed by atoms with Crippen LogP contribution in [0.3, 0.4) is 0 Å². The number of nitrogens with one attached hydrogen (secondary N) is 1. The SMILES string of the molecule is CCc1ccc(CNC(C)C(=O)OC(C)(C)C)cc1. The lowest BCUT2D eigenvalue weighted by molar-refractivity contribution is -0.157. The standard InChI is InChI=1S/C16H25NO2/c1-6-13-7-9-14(10-8-13)11-17-12(2)15(18)19-16(3,4)5/h7-10,12,17H,6,11H2,1-5H3. The van der Waals surface area contributed by atoms with Crippen LogP contribution in [0.4, 0.5) is 0 Å². The smallest absolute Gasteiger partial charge is 0.323 e. The van der Waals surface area contributed by atoms with Gasteiger partial charge in [-0.25, -0.2) is 0 Å². The Hall–Kier alpha value is -1.35. The van der Waals surface area contributed by atoms with Gasteiger partial charge < -0.3 is 10.1 Å². The average Bonchev–Trinajstić information content (AvgIpc) is 2.34. The molecule has 3 heteroatoms. The van der Waals surface area contributed by atoms with E-state index < -0.39 is 5.60 Å². The van der Waals surface area contributed by atoms with Gasteiger partial charge >= 0.3 is 5.97 Å². The van der Waals surface area contributed by atoms with Gasteiger partial charge in [0.15, 0.2) is 0 Å². The number of carbonyl (C=O) groups is 1. The Labute approximate surface area is 116 Å². The van der Waals surface area contributed by atoms with Crippen molar-refractivity contribution in [3.63, 3.8) is 0 Å². The summed E-state index contributed by atoms with van der Waals surface area (Å²) in [4.78, 5) is 11.8. The van der Waals surface area contributed by atoms with Crippen LogP contribution in [0.1, 0.15) is 45.7 Å². The Morgan fingerprint density at radius 2 is 1.74 bits per heavy atom. The van der Waals surface area contributed by atoms with Crippen LogP contribution in [0.5, 0.6) is 0 Å². The van der Waals surface area contributed by atoms with Gasteiger partial charge in [0.1, 0.15) is 11.6 Å². The predicted octanol–water partition coefficient (Wildman–Crippen LogP) is 3.07. The molecule has 0 radical (unpaired) electrons. The number of ether oxygens (including phenoxy) is 1. The van der Waals surface area contributed by atoms with E-state index in [0.29, 0.717) is 6.54 Å². The first kappa shape index (κ1) is 15.7. The molecule has 1 aromatic rings. The Bertz CT molecular complexity index is 404. The van der Waals surface area contributed by atoms with Crippen LogP contribution in [0.15, 0.2) is 24.3 Å². The lowest BCUT2D eigenvalue weighted by atomic mass is 10.1. The molecule has 0 aliphatic rings. The molecular formula is C16H25NO2. The summed E-state index contributed by atoms with van der Waals surface area (Å²) in [7, 11) is 0. The van der Waals surface area contributed by atoms with E-state index in [1.165, 1.54) is 11.1 Å². The van der Waals surface area contributed by atoms with E-state index in [1.807, 2.05) is 27.7 Å². The molecule has 0 spiro atoms. The van der Waals surface area contributed by atoms with Gasteiger partial charge in [-0.2, -0.15) is 0 Å². The van der Waals surface area contributed by atoms with Gasteiger partial charge in [0.05, 0.1) is 0 Å². The number of hydrogen-bond acceptors (Lipinski definition) is 3. The fourth-order valence-electron chi connectivity index (χ4n) is 1.64. The number of aryl methyl sites for hydroxylation is 1. The van der Waals surface area contributed by atoms with Crippen LogP contribution >= 0.6 is 0 Å². The zero-order valence-electron chi connectivity index (χ0n) is 12.6. The Balaban J connectivity index is 2.44. The van der Waals surface area contributed by atoms with Gasteiger partial charge in [-0.3, -0.25) is 4.79 Å². The molecule has 1 N–H and O–H groups in total. The Kier molecular flexibility index (Phi) is 5.55. The van der Waals surface area contributed by atoms with Crippen LogP contribution in [-0.2, 0) is 22.5 Å². The molecule has 0 amide bonds. The molecule has 106 valence electrons. The van der Waals surface area contributed by atoms with Crippen molar-refractivity contribution in [1.82, 2.24) is 5.32 Å². The van der Waals surface area contributed by atoms with E-state index in [1.54, 1.807) is 0 Å². The Morgan fingerprint density at radius 1 is 1.21 bits per heavy atom. The quantitative estimate of drug-likeness (QED) is 0.830. The highest BCUT2D eigenvalue weighted by atomic mass is 16.6. The highest BCUT2D eigenvalue weighted by molar-refractivity contribution is 5.75. The van der Waals surface area contributed by atoms with Crippen LogP contribution in [0.25, 0.3) is 0 Å². The van der Waals surface area contributed by atoms with Gasteiger partial charge in [0.2, 0.25) is 0 Å². The van der Waals surface area contributed by atoms with Crippen molar-refractivity contribution in [1.29, 1.82) is 0 Å². The summed E-state index contributed by atoms with van der Waals surface area (Å²) in [6.07, 6.45) is 1.04. The van der Waals surface area contributed by atoms with E-state index in [4.69, 9.17) is 4.74 Å². The van der Waals surface area contributed by atoms with E-state index >= 15 is 0 Å². The molecule has 19 heavy (non-hydrogen) atoms. The monoisotopic (exact) mass is 263 g/mol. The van der Waals surface area contributed by atoms with Gasteiger partial charge in [0, 0.05) is 6.54 Å². The fourth-order valence-corrected chi connectivity index (χ4v) is 1.64. The van der Waals surface area contributed by atoms with E-state index in [2.05, 4.69) is 36.5 Å². The van der Waals surface area contributed by atoms with Crippen LogP contribution in [0, 0.1) is 0 Å². The molecule has 1 atom stereocenters. The maximum absolute atomic E-state index is 11.8. The summed E-state index contributed by atoms with van der Waals surface area (Å²) < 4.78 is 5.32. The summed E-state index contributed by atoms with van der Waals surface area (Å²) in [6, 6.07) is 8.12. The van der Waals surface area contributed by atoms with Gasteiger partial charge in [-0.15, -0.1) is 0 Å². The minimum Gasteiger partial charge on any atom is -0.459 e. The minimum atomic E-state index is -0.435. The average molecular weight is 263 g/mol. The highest BCUT2D eigenvalue weighted by Crippen LogP contribution is 2.09. The molecule has 1 unspecified atom stereocenters. The summed E-state index contributed by atoms with van der Waals surface area (Å²) in [5.74, 6) is -0.210. The first-order valence-corrected chi connectivity index (χ1v) is 6.86. The molecule has 0 heterocycles. The van der Waals surface area contributed by atoms with Crippen molar-refractivity contribution in [2.75, 3.05) is 0 Å². The third kappa shape index (κ3) is 5.88. The maximum atomic E-state index is 11.8. The van der Waals surface area contributed by atoms with Gasteiger partial charge in [0.25, 0.3) is 0 Å². The van der Waals surface area contributed by atoms with Crippen molar-refractivity contribution < 1.29 is 9.53 Å². The number of benzene rings is 1. The fraction of sp³-hybridized carbons (Fsp3) is 0.562. The second-order valence-corrected chi connectivity index (χ2v) is 5.81. The van der Waals surface area contributed by atoms with Crippen molar-refractivity contribution >= 4 is 5.97 Å². The summed E-state index contributed by atoms with van der Waals surface area (Å²) >= 11 is 0. The Morgan fingerprint density at radius 3 is 2.21 bits per heavy atom. The van der Waals surface area contributed by atoms with Crippen molar-refractivity contribution in [3.8, 4) is 0 Å². The molecule has 0 aromatic heterocycles. The van der Waals surface area contributed by atoms with E-state index in [9.17, 15) is 4.79 Å². The topological polar surface area (TPSA) is 38.3 Å². The lowest BCUT2D eigenvalue weighted by Crippen LogP contribution is -2.38. The van der Waals surface area contributed by atoms with E-state index in [0.717, 1.165) is 6.42 Å². The lowest BCUT2D eigenvalue weighted by Gasteiger charge is -2.22. The molecule has 0 aliphatic heterocycles. The summed E-state index contributed by atoms with van der Waals surface area (Å²) in [5, 5.41) is 3.18. The largest absolute Gasteiger partial charge is 0.459 e. The summed E-state index contributed by atoms with van der Waals surface area (Å²) in [6.45, 7) is 10.3. The molecule has 1 rings (SSSR count). The molecule has 0 aliphatic carbocycles. The zero-order chi connectivity index (χ0) is 14.5. The number of esters is 1. The van der Waals surface area contributed by atoms with Gasteiger partial charge in [-0.05, 0) is 45.2 Å². The van der Waals surface area contributed by atoms with Gasteiger partial charge in [-0.1, -0.05) is 31.2 Å². The van der Waals surface area contributed by atoms with Crippen LogP contribution < -0.4 is 5.32 Å². The molecule has 0 fully saturated rings. The molecule has 0 bridgehead atoms. The molecular weight excluding hydrogens is 238 g/mol. The number of hydrogen-bond donors (Lipinski definition) is 1. The van der Waals surface area contributed by atoms with Crippen LogP contribution in [0.2, 0.25) is 0 Å². The summed E-state index contributed by atoms with van der Waals surface area (Å²) in [5.41, 5.74) is 2.06. The first-order chi connectivity index (χ1) is 8.81. The van der Waals surface area contributed by atoms with E-state index in [-0.39, 0.29) is 12.0 Å². The first-order valence-electron chi connectivity index (χ1n) is 6.86. The predicted molar refractivity (Wildman–Crippen MR) is 78.0 cm³/mol. The second kappa shape index (κ2) is 6.71. The molecule has 0 saturated heterocycles. The third-order valence-corrected chi connectivity index (χ3v) is 2.80. The van der Waals surface area contributed by atoms with Crippen molar-refractivity contribution in [2.45, 2.75) is 59.2 Å². The van der Waals surface area contributed by atoms with Crippen molar-refractivity contribution in [2.24, 2.45) is 0 Å². The maximum Gasteiger partial charge on any atom is 0.323 e. The minimum absolute atomic E-state index is 0.210. The molecule has 1 aromatic carbocycles. The zero-order valence-corrected chi connectivity index (χ0v) is 12.6. The molecule has 0 saturated carbocycles. The molecule has 3 nitrogen and oxygen atoms in total. The number of carbonyl (C=O) groups excluding carboxylic acids is 1. The second-order valence-electron chi connectivity index (χ2n) is 5.81. The number of rotatable bonds is 5. The van der Waals surface area contributed by atoms with Crippen LogP contribution in [-0.4, -0.2) is 17.6 Å². The third-order valence-electron chi connectivity index (χ3n) is 2.80. The highest BCUT2D eigenvalue weighted by Gasteiger charge is 2.21.